The highest BCUT2D eigenvalue weighted by atomic mass is 14.7. The summed E-state index contributed by atoms with van der Waals surface area (Å²) in [5, 5.41) is 1.44. The van der Waals surface area contributed by atoms with Gasteiger partial charge in [-0.2, -0.15) is 0 Å². The minimum Gasteiger partial charge on any atom is -0.361 e. The fraction of sp³-hybridized carbons (Fsp3) is 0.385. The van der Waals surface area contributed by atoms with Crippen LogP contribution in [0.25, 0.3) is 10.9 Å². The quantitative estimate of drug-likeness (QED) is 0.696. The molecular weight excluding hydrogens is 170 g/mol. The SMILES string of the molecule is Cc1ccc2[nH]cc(C3CCC3)c2c1. The molecule has 0 saturated heterocycles. The van der Waals surface area contributed by atoms with Crippen LogP contribution in [0.2, 0.25) is 0 Å². The molecule has 0 bridgehead atoms. The number of aromatic nitrogens is 1. The van der Waals surface area contributed by atoms with E-state index >= 15 is 0 Å². The summed E-state index contributed by atoms with van der Waals surface area (Å²) >= 11 is 0. The Morgan fingerprint density at radius 3 is 2.86 bits per heavy atom. The second kappa shape index (κ2) is 2.88. The van der Waals surface area contributed by atoms with Crippen LogP contribution in [-0.2, 0) is 0 Å². The molecule has 72 valence electrons. The number of H-pyrrole nitrogens is 1. The van der Waals surface area contributed by atoms with E-state index in [1.807, 2.05) is 0 Å². The maximum Gasteiger partial charge on any atom is 0.0457 e. The molecule has 1 aliphatic rings. The van der Waals surface area contributed by atoms with Gasteiger partial charge >= 0.3 is 0 Å². The lowest BCUT2D eigenvalue weighted by atomic mass is 9.80. The molecular formula is C13H15N. The second-order valence-electron chi connectivity index (χ2n) is 4.42. The van der Waals surface area contributed by atoms with E-state index in [-0.39, 0.29) is 0 Å². The molecule has 1 aliphatic carbocycles. The zero-order chi connectivity index (χ0) is 9.54. The van der Waals surface area contributed by atoms with Gasteiger partial charge in [0.15, 0.2) is 0 Å². The Balaban J connectivity index is 2.18. The minimum absolute atomic E-state index is 0.825. The summed E-state index contributed by atoms with van der Waals surface area (Å²) in [6, 6.07) is 6.66. The number of rotatable bonds is 1. The number of aromatic amines is 1. The van der Waals surface area contributed by atoms with Crippen molar-refractivity contribution in [1.82, 2.24) is 4.98 Å². The smallest absolute Gasteiger partial charge is 0.0457 e. The number of aryl methyl sites for hydroxylation is 1. The van der Waals surface area contributed by atoms with Gasteiger partial charge in [0, 0.05) is 17.1 Å². The molecule has 1 N–H and O–H groups in total. The monoisotopic (exact) mass is 185 g/mol. The average molecular weight is 185 g/mol. The van der Waals surface area contributed by atoms with Crippen molar-refractivity contribution in [3.63, 3.8) is 0 Å². The summed E-state index contributed by atoms with van der Waals surface area (Å²) in [4.78, 5) is 3.36. The van der Waals surface area contributed by atoms with Crippen LogP contribution >= 0.6 is 0 Å². The minimum atomic E-state index is 0.825. The lowest BCUT2D eigenvalue weighted by molar-refractivity contribution is 0.422. The summed E-state index contributed by atoms with van der Waals surface area (Å²) < 4.78 is 0. The lowest BCUT2D eigenvalue weighted by Gasteiger charge is -2.24. The summed E-state index contributed by atoms with van der Waals surface area (Å²) in [6.07, 6.45) is 6.36. The van der Waals surface area contributed by atoms with Crippen molar-refractivity contribution >= 4 is 10.9 Å². The maximum absolute atomic E-state index is 3.36. The Morgan fingerprint density at radius 1 is 1.29 bits per heavy atom. The van der Waals surface area contributed by atoms with E-state index in [1.54, 1.807) is 0 Å². The molecule has 3 rings (SSSR count). The van der Waals surface area contributed by atoms with Crippen molar-refractivity contribution in [3.05, 3.63) is 35.5 Å². The van der Waals surface area contributed by atoms with Gasteiger partial charge in [-0.05, 0) is 43.4 Å². The Hall–Kier alpha value is -1.24. The standard InChI is InChI=1S/C13H15N/c1-9-5-6-13-11(7-9)12(8-14-13)10-3-2-4-10/h5-8,10,14H,2-4H2,1H3. The number of hydrogen-bond acceptors (Lipinski definition) is 0. The predicted molar refractivity (Wildman–Crippen MR) is 59.6 cm³/mol. The Morgan fingerprint density at radius 2 is 2.14 bits per heavy atom. The highest BCUT2D eigenvalue weighted by Gasteiger charge is 2.21. The van der Waals surface area contributed by atoms with Crippen molar-refractivity contribution in [3.8, 4) is 0 Å². The Bertz CT molecular complexity index is 463. The molecule has 2 aromatic rings. The van der Waals surface area contributed by atoms with Crippen molar-refractivity contribution in [2.24, 2.45) is 0 Å². The molecule has 0 radical (unpaired) electrons. The molecule has 1 saturated carbocycles. The number of hydrogen-bond donors (Lipinski definition) is 1. The van der Waals surface area contributed by atoms with Crippen molar-refractivity contribution in [2.45, 2.75) is 32.1 Å². The number of nitrogens with one attached hydrogen (secondary N) is 1. The van der Waals surface area contributed by atoms with Gasteiger partial charge in [0.05, 0.1) is 0 Å². The molecule has 1 nitrogen and oxygen atoms in total. The molecule has 1 aromatic heterocycles. The largest absolute Gasteiger partial charge is 0.361 e. The summed E-state index contributed by atoms with van der Waals surface area (Å²) in [6.45, 7) is 2.16. The molecule has 0 amide bonds. The first-order valence-electron chi connectivity index (χ1n) is 5.42. The summed E-state index contributed by atoms with van der Waals surface area (Å²) in [5.41, 5.74) is 4.19. The third kappa shape index (κ3) is 1.08. The van der Waals surface area contributed by atoms with Gasteiger partial charge in [-0.25, -0.2) is 0 Å². The van der Waals surface area contributed by atoms with Gasteiger partial charge < -0.3 is 4.98 Å². The van der Waals surface area contributed by atoms with Crippen LogP contribution in [0.15, 0.2) is 24.4 Å². The first-order chi connectivity index (χ1) is 6.84. The number of fused-ring (bicyclic) bond motifs is 1. The Labute approximate surface area is 84.1 Å². The molecule has 0 atom stereocenters. The van der Waals surface area contributed by atoms with Gasteiger partial charge in [0.25, 0.3) is 0 Å². The first-order valence-corrected chi connectivity index (χ1v) is 5.42. The fourth-order valence-corrected chi connectivity index (χ4v) is 2.31. The molecule has 1 fully saturated rings. The van der Waals surface area contributed by atoms with Crippen LogP contribution in [-0.4, -0.2) is 4.98 Å². The fourth-order valence-electron chi connectivity index (χ4n) is 2.31. The topological polar surface area (TPSA) is 15.8 Å². The van der Waals surface area contributed by atoms with Gasteiger partial charge in [0.1, 0.15) is 0 Å². The zero-order valence-electron chi connectivity index (χ0n) is 8.51. The van der Waals surface area contributed by atoms with Gasteiger partial charge in [0.2, 0.25) is 0 Å². The normalized spacial score (nSPS) is 17.2. The third-order valence-electron chi connectivity index (χ3n) is 3.41. The molecule has 0 unspecified atom stereocenters. The summed E-state index contributed by atoms with van der Waals surface area (Å²) in [7, 11) is 0. The van der Waals surface area contributed by atoms with Crippen LogP contribution in [0.1, 0.15) is 36.3 Å². The molecule has 0 aliphatic heterocycles. The molecule has 1 heteroatoms. The van der Waals surface area contributed by atoms with E-state index in [9.17, 15) is 0 Å². The van der Waals surface area contributed by atoms with E-state index in [0.29, 0.717) is 0 Å². The van der Waals surface area contributed by atoms with Crippen molar-refractivity contribution in [2.75, 3.05) is 0 Å². The van der Waals surface area contributed by atoms with Gasteiger partial charge in [-0.1, -0.05) is 18.1 Å². The highest BCUT2D eigenvalue weighted by molar-refractivity contribution is 5.84. The van der Waals surface area contributed by atoms with E-state index in [0.717, 1.165) is 5.92 Å². The van der Waals surface area contributed by atoms with E-state index in [1.165, 1.54) is 41.3 Å². The summed E-state index contributed by atoms with van der Waals surface area (Å²) in [5.74, 6) is 0.825. The van der Waals surface area contributed by atoms with E-state index in [4.69, 9.17) is 0 Å². The molecule has 14 heavy (non-hydrogen) atoms. The van der Waals surface area contributed by atoms with Gasteiger partial charge in [-0.3, -0.25) is 0 Å². The molecule has 0 spiro atoms. The second-order valence-corrected chi connectivity index (χ2v) is 4.42. The first kappa shape index (κ1) is 8.10. The van der Waals surface area contributed by atoms with E-state index in [2.05, 4.69) is 36.3 Å². The van der Waals surface area contributed by atoms with Crippen LogP contribution in [0.4, 0.5) is 0 Å². The van der Waals surface area contributed by atoms with Crippen LogP contribution in [0.3, 0.4) is 0 Å². The van der Waals surface area contributed by atoms with Crippen LogP contribution < -0.4 is 0 Å². The molecule has 1 heterocycles. The Kier molecular flexibility index (Phi) is 1.66. The van der Waals surface area contributed by atoms with Gasteiger partial charge in [-0.15, -0.1) is 0 Å². The molecule has 1 aromatic carbocycles. The van der Waals surface area contributed by atoms with E-state index < -0.39 is 0 Å². The maximum atomic E-state index is 3.36. The third-order valence-corrected chi connectivity index (χ3v) is 3.41. The average Bonchev–Trinajstić information content (AvgIpc) is 2.46. The number of benzene rings is 1. The lowest BCUT2D eigenvalue weighted by Crippen LogP contribution is -2.07. The van der Waals surface area contributed by atoms with Crippen LogP contribution in [0.5, 0.6) is 0 Å². The highest BCUT2D eigenvalue weighted by Crippen LogP contribution is 2.39. The van der Waals surface area contributed by atoms with Crippen LogP contribution in [0, 0.1) is 6.92 Å². The van der Waals surface area contributed by atoms with Crippen molar-refractivity contribution in [1.29, 1.82) is 0 Å². The predicted octanol–water partition coefficient (Wildman–Crippen LogP) is 3.74. The van der Waals surface area contributed by atoms with Crippen molar-refractivity contribution < 1.29 is 0 Å². The zero-order valence-corrected chi connectivity index (χ0v) is 8.51.